The van der Waals surface area contributed by atoms with Crippen molar-refractivity contribution >= 4 is 11.6 Å². The summed E-state index contributed by atoms with van der Waals surface area (Å²) in [4.78, 5) is 13.3. The molecule has 0 unspecified atom stereocenters. The molecule has 0 radical (unpaired) electrons. The van der Waals surface area contributed by atoms with Gasteiger partial charge >= 0.3 is 0 Å². The third kappa shape index (κ3) is 3.48. The van der Waals surface area contributed by atoms with Gasteiger partial charge in [-0.2, -0.15) is 4.98 Å². The van der Waals surface area contributed by atoms with Crippen molar-refractivity contribution < 1.29 is 8.91 Å². The topological polar surface area (TPSA) is 69.6 Å². The molecule has 6 nitrogen and oxygen atoms in total. The predicted octanol–water partition coefficient (Wildman–Crippen LogP) is 4.94. The van der Waals surface area contributed by atoms with Gasteiger partial charge in [-0.15, -0.1) is 0 Å². The van der Waals surface area contributed by atoms with Crippen LogP contribution in [0.1, 0.15) is 5.89 Å². The Kier molecular flexibility index (Phi) is 4.29. The molecule has 0 amide bonds. The third-order valence-electron chi connectivity index (χ3n) is 4.43. The van der Waals surface area contributed by atoms with Gasteiger partial charge in [0.15, 0.2) is 5.82 Å². The zero-order valence-corrected chi connectivity index (χ0v) is 15.7. The first-order valence-corrected chi connectivity index (χ1v) is 9.20. The maximum Gasteiger partial charge on any atom is 0.246 e. The lowest BCUT2D eigenvalue weighted by atomic mass is 10.2. The molecule has 0 saturated carbocycles. The summed E-state index contributed by atoms with van der Waals surface area (Å²) in [5.74, 6) is 0.955. The minimum Gasteiger partial charge on any atom is -0.343 e. The van der Waals surface area contributed by atoms with Gasteiger partial charge in [0.1, 0.15) is 18.1 Å². The summed E-state index contributed by atoms with van der Waals surface area (Å²) in [6, 6.07) is 15.5. The normalized spacial score (nSPS) is 11.2. The van der Waals surface area contributed by atoms with Crippen LogP contribution in [0.5, 0.6) is 0 Å². The Morgan fingerprint density at radius 3 is 2.52 bits per heavy atom. The third-order valence-corrected chi connectivity index (χ3v) is 4.68. The van der Waals surface area contributed by atoms with E-state index in [1.54, 1.807) is 30.3 Å². The van der Waals surface area contributed by atoms with E-state index in [4.69, 9.17) is 16.1 Å². The van der Waals surface area contributed by atoms with E-state index in [9.17, 15) is 4.39 Å². The standard InChI is InChI=1S/C21H13ClFN5O/c22-14-7-5-13(6-8-14)20-26-19(29-27-20)12-28-10-9-17-18(11-28)25-21(24-17)15-3-1-2-4-16(15)23/h1-11H,12H2. The van der Waals surface area contributed by atoms with Gasteiger partial charge in [-0.3, -0.25) is 0 Å². The molecule has 5 rings (SSSR count). The second kappa shape index (κ2) is 7.10. The average molecular weight is 406 g/mol. The number of benzene rings is 2. The van der Waals surface area contributed by atoms with Crippen molar-refractivity contribution in [1.82, 2.24) is 24.7 Å². The number of fused-ring (bicyclic) bond motifs is 1. The van der Waals surface area contributed by atoms with E-state index in [-0.39, 0.29) is 5.82 Å². The lowest BCUT2D eigenvalue weighted by Gasteiger charge is -2.04. The first-order valence-electron chi connectivity index (χ1n) is 8.83. The maximum absolute atomic E-state index is 14.0. The van der Waals surface area contributed by atoms with E-state index >= 15 is 0 Å². The highest BCUT2D eigenvalue weighted by molar-refractivity contribution is 6.30. The van der Waals surface area contributed by atoms with E-state index < -0.39 is 0 Å². The molecule has 3 heterocycles. The second-order valence-electron chi connectivity index (χ2n) is 6.43. The molecular formula is C21H13ClFN5O. The van der Waals surface area contributed by atoms with Crippen LogP contribution >= 0.6 is 11.6 Å². The summed E-state index contributed by atoms with van der Waals surface area (Å²) < 4.78 is 21.2. The second-order valence-corrected chi connectivity index (χ2v) is 6.87. The Labute approximate surface area is 170 Å². The molecule has 0 aliphatic carbocycles. The quantitative estimate of drug-likeness (QED) is 0.423. The van der Waals surface area contributed by atoms with Crippen LogP contribution in [0.4, 0.5) is 4.39 Å². The molecule has 0 saturated heterocycles. The van der Waals surface area contributed by atoms with Crippen molar-refractivity contribution in [2.45, 2.75) is 6.54 Å². The summed E-state index contributed by atoms with van der Waals surface area (Å²) in [5, 5.41) is 4.66. The number of hydrogen-bond acceptors (Lipinski definition) is 5. The molecule has 29 heavy (non-hydrogen) atoms. The zero-order valence-electron chi connectivity index (χ0n) is 15.0. The van der Waals surface area contributed by atoms with Crippen molar-refractivity contribution in [2.24, 2.45) is 0 Å². The highest BCUT2D eigenvalue weighted by Gasteiger charge is 2.16. The van der Waals surface area contributed by atoms with Crippen LogP contribution in [0, 0.1) is 5.82 Å². The van der Waals surface area contributed by atoms with Gasteiger partial charge in [0.2, 0.25) is 11.7 Å². The number of nitrogens with zero attached hydrogens (tertiary/aromatic N) is 5. The molecule has 142 valence electrons. The van der Waals surface area contributed by atoms with E-state index in [1.807, 2.05) is 35.2 Å². The first-order chi connectivity index (χ1) is 14.2. The van der Waals surface area contributed by atoms with E-state index in [0.717, 1.165) is 5.56 Å². The number of pyridine rings is 1. The van der Waals surface area contributed by atoms with Crippen LogP contribution in [0.25, 0.3) is 34.2 Å². The number of hydrogen-bond donors (Lipinski definition) is 0. The minimum absolute atomic E-state index is 0.351. The highest BCUT2D eigenvalue weighted by atomic mass is 35.5. The van der Waals surface area contributed by atoms with Gasteiger partial charge in [0.25, 0.3) is 0 Å². The summed E-state index contributed by atoms with van der Waals surface area (Å²) in [7, 11) is 0. The van der Waals surface area contributed by atoms with Gasteiger partial charge in [-0.25, -0.2) is 14.4 Å². The monoisotopic (exact) mass is 405 g/mol. The molecule has 8 heteroatoms. The number of halogens is 2. The number of aromatic nitrogens is 5. The fourth-order valence-corrected chi connectivity index (χ4v) is 3.13. The molecular weight excluding hydrogens is 393 g/mol. The fraction of sp³-hybridized carbons (Fsp3) is 0.0476. The van der Waals surface area contributed by atoms with Crippen molar-refractivity contribution in [3.8, 4) is 34.2 Å². The molecule has 0 N–H and O–H groups in total. The molecule has 2 aromatic carbocycles. The Balaban J connectivity index is 1.41. The SMILES string of the molecule is Fc1ccccc1-c1nc2ccn(Cc3nc(-c4ccc(Cl)cc4)no3)cc-2n1. The van der Waals surface area contributed by atoms with Crippen LogP contribution < -0.4 is 0 Å². The Morgan fingerprint density at radius 1 is 0.897 bits per heavy atom. The van der Waals surface area contributed by atoms with E-state index in [0.29, 0.717) is 46.1 Å². The summed E-state index contributed by atoms with van der Waals surface area (Å²) in [5.41, 5.74) is 2.54. The van der Waals surface area contributed by atoms with Crippen LogP contribution in [-0.4, -0.2) is 24.7 Å². The Bertz CT molecular complexity index is 1260. The van der Waals surface area contributed by atoms with Crippen molar-refractivity contribution in [2.75, 3.05) is 0 Å². The lowest BCUT2D eigenvalue weighted by Crippen LogP contribution is -2.01. The summed E-state index contributed by atoms with van der Waals surface area (Å²) in [6.07, 6.45) is 3.66. The first kappa shape index (κ1) is 17.5. The zero-order chi connectivity index (χ0) is 19.8. The molecule has 2 aliphatic heterocycles. The van der Waals surface area contributed by atoms with Crippen LogP contribution in [-0.2, 0) is 6.54 Å². The van der Waals surface area contributed by atoms with Gasteiger partial charge in [-0.1, -0.05) is 28.9 Å². The summed E-state index contributed by atoms with van der Waals surface area (Å²) in [6.45, 7) is 0.373. The predicted molar refractivity (Wildman–Crippen MR) is 106 cm³/mol. The molecule has 1 aromatic heterocycles. The Hall–Kier alpha value is -3.58. The fourth-order valence-electron chi connectivity index (χ4n) is 3.00. The molecule has 0 fully saturated rings. The molecule has 3 aromatic rings. The number of rotatable bonds is 4. The average Bonchev–Trinajstić information content (AvgIpc) is 3.35. The van der Waals surface area contributed by atoms with Gasteiger partial charge < -0.3 is 9.09 Å². The van der Waals surface area contributed by atoms with Crippen molar-refractivity contribution in [3.05, 3.63) is 83.7 Å². The van der Waals surface area contributed by atoms with Gasteiger partial charge in [0, 0.05) is 23.0 Å². The molecule has 2 aliphatic rings. The van der Waals surface area contributed by atoms with Crippen LogP contribution in [0.3, 0.4) is 0 Å². The smallest absolute Gasteiger partial charge is 0.246 e. The van der Waals surface area contributed by atoms with Gasteiger partial charge in [0.05, 0.1) is 11.3 Å². The molecule has 0 atom stereocenters. The molecule has 0 bridgehead atoms. The minimum atomic E-state index is -0.351. The Morgan fingerprint density at radius 2 is 1.69 bits per heavy atom. The van der Waals surface area contributed by atoms with E-state index in [2.05, 4.69) is 20.1 Å². The largest absolute Gasteiger partial charge is 0.343 e. The van der Waals surface area contributed by atoms with Crippen LogP contribution in [0.2, 0.25) is 5.02 Å². The highest BCUT2D eigenvalue weighted by Crippen LogP contribution is 2.26. The number of imidazole rings is 1. The maximum atomic E-state index is 14.0. The van der Waals surface area contributed by atoms with Crippen molar-refractivity contribution in [3.63, 3.8) is 0 Å². The lowest BCUT2D eigenvalue weighted by molar-refractivity contribution is 0.371. The molecule has 0 spiro atoms. The van der Waals surface area contributed by atoms with Crippen molar-refractivity contribution in [1.29, 1.82) is 0 Å². The van der Waals surface area contributed by atoms with Crippen LogP contribution in [0.15, 0.2) is 71.5 Å². The van der Waals surface area contributed by atoms with E-state index in [1.165, 1.54) is 6.07 Å². The van der Waals surface area contributed by atoms with Gasteiger partial charge in [-0.05, 0) is 42.5 Å². The summed E-state index contributed by atoms with van der Waals surface area (Å²) >= 11 is 5.91.